The van der Waals surface area contributed by atoms with Crippen LogP contribution in [0.2, 0.25) is 0 Å². The normalized spacial score (nSPS) is 29.8. The number of nitrogens with zero attached hydrogens (tertiary/aromatic N) is 1. The number of aliphatic hydroxyl groups excluding tert-OH is 3. The van der Waals surface area contributed by atoms with Crippen LogP contribution in [0.15, 0.2) is 11.0 Å². The highest BCUT2D eigenvalue weighted by Gasteiger charge is 2.43. The number of aliphatic hydroxyl groups is 3. The first-order valence-electron chi connectivity index (χ1n) is 6.16. The Kier molecular flexibility index (Phi) is 4.68. The zero-order chi connectivity index (χ0) is 14.9. The van der Waals surface area contributed by atoms with Crippen LogP contribution in [0.3, 0.4) is 0 Å². The lowest BCUT2D eigenvalue weighted by molar-refractivity contribution is -0.0542. The number of H-pyrrole nitrogens is 1. The fourth-order valence-corrected chi connectivity index (χ4v) is 2.41. The molecule has 0 radical (unpaired) electrons. The SMILES string of the molecule is NCCc1cn([C@@H]2O[C@H](CO)[C@@H](O)[C@H]2O)c(=S)[nH]c1=O. The predicted molar refractivity (Wildman–Crippen MR) is 71.7 cm³/mol. The topological polar surface area (TPSA) is 134 Å². The molecular weight excluding hydrogens is 286 g/mol. The van der Waals surface area contributed by atoms with Crippen LogP contribution in [0.1, 0.15) is 11.8 Å². The molecule has 1 aliphatic rings. The van der Waals surface area contributed by atoms with E-state index in [2.05, 4.69) is 4.98 Å². The molecule has 0 unspecified atom stereocenters. The van der Waals surface area contributed by atoms with E-state index in [9.17, 15) is 15.0 Å². The van der Waals surface area contributed by atoms with Crippen molar-refractivity contribution in [3.05, 3.63) is 26.9 Å². The van der Waals surface area contributed by atoms with E-state index in [4.69, 9.17) is 27.8 Å². The lowest BCUT2D eigenvalue weighted by Gasteiger charge is -2.19. The lowest BCUT2D eigenvalue weighted by atomic mass is 10.1. The standard InChI is InChI=1S/C11H17N3O5S/c12-2-1-5-3-14(11(20)13-9(5)18)10-8(17)7(16)6(4-15)19-10/h3,6-8,10,15-17H,1-2,4,12H2,(H,13,18,20)/t6-,7-,8-,10-/m1/s1. The molecule has 6 N–H and O–H groups in total. The first-order valence-corrected chi connectivity index (χ1v) is 6.57. The van der Waals surface area contributed by atoms with Crippen molar-refractivity contribution in [1.82, 2.24) is 9.55 Å². The van der Waals surface area contributed by atoms with Crippen LogP contribution >= 0.6 is 12.2 Å². The van der Waals surface area contributed by atoms with E-state index in [1.54, 1.807) is 0 Å². The average Bonchev–Trinajstić information content (AvgIpc) is 2.70. The molecule has 0 amide bonds. The maximum absolute atomic E-state index is 11.7. The van der Waals surface area contributed by atoms with E-state index in [0.717, 1.165) is 0 Å². The monoisotopic (exact) mass is 303 g/mol. The van der Waals surface area contributed by atoms with Crippen LogP contribution < -0.4 is 11.3 Å². The molecule has 2 rings (SSSR count). The van der Waals surface area contributed by atoms with Gasteiger partial charge in [0.05, 0.1) is 6.61 Å². The molecule has 0 bridgehead atoms. The quantitative estimate of drug-likeness (QED) is 0.407. The molecule has 1 fully saturated rings. The summed E-state index contributed by atoms with van der Waals surface area (Å²) in [7, 11) is 0. The summed E-state index contributed by atoms with van der Waals surface area (Å²) in [6.07, 6.45) is -2.55. The highest BCUT2D eigenvalue weighted by atomic mass is 32.1. The van der Waals surface area contributed by atoms with Crippen molar-refractivity contribution in [1.29, 1.82) is 0 Å². The molecule has 0 aromatic carbocycles. The van der Waals surface area contributed by atoms with Gasteiger partial charge in [-0.25, -0.2) is 0 Å². The summed E-state index contributed by atoms with van der Waals surface area (Å²) in [4.78, 5) is 14.1. The maximum atomic E-state index is 11.7. The molecule has 1 aliphatic heterocycles. The number of nitrogens with one attached hydrogen (secondary N) is 1. The third kappa shape index (κ3) is 2.68. The summed E-state index contributed by atoms with van der Waals surface area (Å²) in [6, 6.07) is 0. The van der Waals surface area contributed by atoms with E-state index < -0.39 is 31.1 Å². The van der Waals surface area contributed by atoms with Crippen molar-refractivity contribution in [2.24, 2.45) is 5.73 Å². The molecule has 0 spiro atoms. The molecule has 0 aliphatic carbocycles. The van der Waals surface area contributed by atoms with Gasteiger partial charge in [0.25, 0.3) is 5.56 Å². The number of aromatic amines is 1. The Morgan fingerprint density at radius 1 is 1.45 bits per heavy atom. The molecule has 1 aromatic heterocycles. The zero-order valence-corrected chi connectivity index (χ0v) is 11.4. The van der Waals surface area contributed by atoms with E-state index >= 15 is 0 Å². The Morgan fingerprint density at radius 2 is 2.15 bits per heavy atom. The molecule has 2 heterocycles. The van der Waals surface area contributed by atoms with Crippen molar-refractivity contribution >= 4 is 12.2 Å². The van der Waals surface area contributed by atoms with E-state index in [1.807, 2.05) is 0 Å². The third-order valence-corrected chi connectivity index (χ3v) is 3.56. The predicted octanol–water partition coefficient (Wildman–Crippen LogP) is -1.98. The van der Waals surface area contributed by atoms with Crippen LogP contribution in [0.5, 0.6) is 0 Å². The number of rotatable bonds is 4. The largest absolute Gasteiger partial charge is 0.394 e. The van der Waals surface area contributed by atoms with Crippen molar-refractivity contribution in [2.45, 2.75) is 31.0 Å². The van der Waals surface area contributed by atoms with Gasteiger partial charge in [0.2, 0.25) is 0 Å². The fraction of sp³-hybridized carbons (Fsp3) is 0.636. The van der Waals surface area contributed by atoms with Crippen molar-refractivity contribution in [3.8, 4) is 0 Å². The van der Waals surface area contributed by atoms with Gasteiger partial charge in [0.1, 0.15) is 18.3 Å². The second-order valence-electron chi connectivity index (χ2n) is 4.59. The Bertz CT molecular complexity index is 586. The molecular formula is C11H17N3O5S. The molecule has 9 heteroatoms. The molecule has 0 saturated carbocycles. The van der Waals surface area contributed by atoms with Crippen molar-refractivity contribution in [3.63, 3.8) is 0 Å². The number of hydrogen-bond donors (Lipinski definition) is 5. The van der Waals surface area contributed by atoms with E-state index in [0.29, 0.717) is 12.0 Å². The fourth-order valence-electron chi connectivity index (χ4n) is 2.16. The van der Waals surface area contributed by atoms with Gasteiger partial charge in [0.15, 0.2) is 11.0 Å². The molecule has 112 valence electrons. The van der Waals surface area contributed by atoms with Crippen molar-refractivity contribution in [2.75, 3.05) is 13.2 Å². The second kappa shape index (κ2) is 6.12. The second-order valence-corrected chi connectivity index (χ2v) is 4.98. The smallest absolute Gasteiger partial charge is 0.254 e. The number of nitrogens with two attached hydrogens (primary N) is 1. The number of ether oxygens (including phenoxy) is 1. The summed E-state index contributed by atoms with van der Waals surface area (Å²) in [6.45, 7) is -0.142. The van der Waals surface area contributed by atoms with Gasteiger partial charge in [-0.2, -0.15) is 0 Å². The highest BCUT2D eigenvalue weighted by Crippen LogP contribution is 2.29. The summed E-state index contributed by atoms with van der Waals surface area (Å²) in [5.74, 6) is 0. The third-order valence-electron chi connectivity index (χ3n) is 3.25. The summed E-state index contributed by atoms with van der Waals surface area (Å²) in [5, 5.41) is 28.8. The van der Waals surface area contributed by atoms with Gasteiger partial charge < -0.3 is 25.8 Å². The van der Waals surface area contributed by atoms with Gasteiger partial charge in [0, 0.05) is 11.8 Å². The molecule has 1 aromatic rings. The molecule has 4 atom stereocenters. The van der Waals surface area contributed by atoms with Gasteiger partial charge in [-0.1, -0.05) is 0 Å². The van der Waals surface area contributed by atoms with Gasteiger partial charge in [-0.05, 0) is 25.2 Å². The van der Waals surface area contributed by atoms with Crippen LogP contribution in [-0.4, -0.2) is 56.3 Å². The minimum Gasteiger partial charge on any atom is -0.394 e. The summed E-state index contributed by atoms with van der Waals surface area (Å²) >= 11 is 5.03. The van der Waals surface area contributed by atoms with E-state index in [-0.39, 0.29) is 16.9 Å². The minimum atomic E-state index is -1.25. The minimum absolute atomic E-state index is 0.0608. The highest BCUT2D eigenvalue weighted by molar-refractivity contribution is 7.71. The Morgan fingerprint density at radius 3 is 2.70 bits per heavy atom. The number of hydrogen-bond acceptors (Lipinski definition) is 7. The van der Waals surface area contributed by atoms with Gasteiger partial charge in [-0.15, -0.1) is 0 Å². The Hall–Kier alpha value is -1.10. The van der Waals surface area contributed by atoms with Gasteiger partial charge in [-0.3, -0.25) is 14.3 Å². The van der Waals surface area contributed by atoms with E-state index in [1.165, 1.54) is 10.8 Å². The lowest BCUT2D eigenvalue weighted by Crippen LogP contribution is -2.33. The maximum Gasteiger partial charge on any atom is 0.254 e. The van der Waals surface area contributed by atoms with Crippen LogP contribution in [0, 0.1) is 4.77 Å². The summed E-state index contributed by atoms with van der Waals surface area (Å²) in [5.41, 5.74) is 5.48. The average molecular weight is 303 g/mol. The first-order chi connectivity index (χ1) is 9.49. The first kappa shape index (κ1) is 15.3. The van der Waals surface area contributed by atoms with Crippen LogP contribution in [0.4, 0.5) is 0 Å². The summed E-state index contributed by atoms with van der Waals surface area (Å²) < 4.78 is 6.78. The Labute approximate surface area is 119 Å². The zero-order valence-electron chi connectivity index (χ0n) is 10.6. The Balaban J connectivity index is 2.40. The van der Waals surface area contributed by atoms with Crippen molar-refractivity contribution < 1.29 is 20.1 Å². The molecule has 1 saturated heterocycles. The number of aromatic nitrogens is 2. The van der Waals surface area contributed by atoms with Crippen LogP contribution in [0.25, 0.3) is 0 Å². The molecule has 20 heavy (non-hydrogen) atoms. The van der Waals surface area contributed by atoms with Crippen LogP contribution in [-0.2, 0) is 11.2 Å². The molecule has 8 nitrogen and oxygen atoms in total. The van der Waals surface area contributed by atoms with Gasteiger partial charge >= 0.3 is 0 Å².